The molecule has 0 radical (unpaired) electrons. The maximum atomic E-state index is 13.3. The maximum absolute atomic E-state index is 13.3. The molecule has 0 aromatic carbocycles. The summed E-state index contributed by atoms with van der Waals surface area (Å²) in [6.07, 6.45) is 7.12. The summed E-state index contributed by atoms with van der Waals surface area (Å²) >= 11 is 1.35. The van der Waals surface area contributed by atoms with E-state index >= 15 is 0 Å². The summed E-state index contributed by atoms with van der Waals surface area (Å²) in [6, 6.07) is 6.89. The smallest absolute Gasteiger partial charge is 0.260 e. The minimum absolute atomic E-state index is 0.0668. The van der Waals surface area contributed by atoms with Gasteiger partial charge in [0.2, 0.25) is 5.88 Å². The number of ether oxygens (including phenoxy) is 1. The summed E-state index contributed by atoms with van der Waals surface area (Å²) in [7, 11) is 0. The molecule has 0 saturated carbocycles. The number of fused-ring (bicyclic) bond motifs is 1. The summed E-state index contributed by atoms with van der Waals surface area (Å²) < 4.78 is 19.4. The first-order valence-corrected chi connectivity index (χ1v) is 14.0. The number of anilines is 1. The van der Waals surface area contributed by atoms with Crippen LogP contribution in [0.2, 0.25) is 0 Å². The van der Waals surface area contributed by atoms with Gasteiger partial charge in [-0.2, -0.15) is 5.10 Å². The molecule has 1 aliphatic rings. The normalized spacial score (nSPS) is 14.9. The predicted octanol–water partition coefficient (Wildman–Crippen LogP) is 4.37. The van der Waals surface area contributed by atoms with Gasteiger partial charge in [-0.15, -0.1) is 11.3 Å². The molecule has 1 fully saturated rings. The minimum atomic E-state index is -0.600. The van der Waals surface area contributed by atoms with Crippen LogP contribution in [0.15, 0.2) is 42.9 Å². The number of halogens is 1. The molecular weight excluding hydrogens is 533 g/mol. The number of nitrogens with zero attached hydrogens (tertiary/aromatic N) is 5. The van der Waals surface area contributed by atoms with Gasteiger partial charge >= 0.3 is 0 Å². The molecule has 4 aromatic rings. The third-order valence-corrected chi connectivity index (χ3v) is 8.22. The fourth-order valence-electron chi connectivity index (χ4n) is 4.79. The Bertz CT molecular complexity index is 1530. The molecule has 40 heavy (non-hydrogen) atoms. The number of carbonyl (C=O) groups is 2. The molecule has 4 aromatic heterocycles. The van der Waals surface area contributed by atoms with E-state index < -0.39 is 6.67 Å². The van der Waals surface area contributed by atoms with Crippen LogP contribution in [0.25, 0.3) is 15.4 Å². The Balaban J connectivity index is 1.27. The highest BCUT2D eigenvalue weighted by Gasteiger charge is 2.31. The number of amides is 2. The molecule has 1 aliphatic heterocycles. The van der Waals surface area contributed by atoms with E-state index in [-0.39, 0.29) is 24.0 Å². The fraction of sp³-hybridized carbons (Fsp3) is 0.393. The van der Waals surface area contributed by atoms with E-state index in [1.54, 1.807) is 35.8 Å². The number of hydrogen-bond acceptors (Lipinski definition) is 8. The van der Waals surface area contributed by atoms with Gasteiger partial charge in [0.25, 0.3) is 11.8 Å². The lowest BCUT2D eigenvalue weighted by Crippen LogP contribution is -2.43. The van der Waals surface area contributed by atoms with Gasteiger partial charge in [-0.05, 0) is 52.3 Å². The average molecular weight is 566 g/mol. The van der Waals surface area contributed by atoms with Crippen molar-refractivity contribution in [2.75, 3.05) is 38.2 Å². The van der Waals surface area contributed by atoms with Gasteiger partial charge in [0.15, 0.2) is 0 Å². The van der Waals surface area contributed by atoms with Crippen molar-refractivity contribution in [1.29, 1.82) is 0 Å². The molecule has 2 N–H and O–H groups in total. The van der Waals surface area contributed by atoms with Crippen LogP contribution in [0.5, 0.6) is 5.88 Å². The Morgan fingerprint density at radius 1 is 1.23 bits per heavy atom. The summed E-state index contributed by atoms with van der Waals surface area (Å²) in [5.74, 6) is -0.276. The number of pyridine rings is 2. The van der Waals surface area contributed by atoms with Crippen molar-refractivity contribution < 1.29 is 18.7 Å². The zero-order valence-corrected chi connectivity index (χ0v) is 23.6. The van der Waals surface area contributed by atoms with Crippen LogP contribution in [0.1, 0.15) is 53.1 Å². The Morgan fingerprint density at radius 3 is 2.85 bits per heavy atom. The van der Waals surface area contributed by atoms with Gasteiger partial charge in [0, 0.05) is 37.1 Å². The zero-order chi connectivity index (χ0) is 28.3. The number of hydrogen-bond donors (Lipinski definition) is 2. The Kier molecular flexibility index (Phi) is 8.08. The van der Waals surface area contributed by atoms with Crippen molar-refractivity contribution in [3.8, 4) is 16.5 Å². The topological polar surface area (TPSA) is 114 Å². The first-order chi connectivity index (χ1) is 19.2. The molecule has 12 heteroatoms. The summed E-state index contributed by atoms with van der Waals surface area (Å²) in [5, 5.41) is 10.2. The van der Waals surface area contributed by atoms with E-state index in [0.717, 1.165) is 24.4 Å². The number of nitrogens with one attached hydrogen (secondary N) is 2. The first-order valence-electron chi connectivity index (χ1n) is 13.2. The molecule has 2 amide bonds. The monoisotopic (exact) mass is 565 g/mol. The van der Waals surface area contributed by atoms with Crippen molar-refractivity contribution in [1.82, 2.24) is 29.8 Å². The van der Waals surface area contributed by atoms with E-state index in [9.17, 15) is 14.0 Å². The molecule has 1 saturated heterocycles. The lowest BCUT2D eigenvalue weighted by atomic mass is 10.0. The molecule has 0 unspecified atom stereocenters. The van der Waals surface area contributed by atoms with Crippen LogP contribution in [0.3, 0.4) is 0 Å². The van der Waals surface area contributed by atoms with Crippen molar-refractivity contribution in [2.45, 2.75) is 39.2 Å². The van der Waals surface area contributed by atoms with Crippen LogP contribution in [-0.2, 0) is 0 Å². The highest BCUT2D eigenvalue weighted by atomic mass is 32.1. The second-order valence-electron chi connectivity index (χ2n) is 10.3. The molecule has 210 valence electrons. The first kappa shape index (κ1) is 27.7. The average Bonchev–Trinajstić information content (AvgIpc) is 3.63. The molecule has 5 heterocycles. The number of aromatic nitrogens is 4. The second-order valence-corrected chi connectivity index (χ2v) is 11.3. The SMILES string of the molecule is Cc1ncc(C(=O)NCCN2CCCC2(C)C)cc1NC(=O)c1cnn2cc(-c3cccc(OCCF)n3)sc12. The van der Waals surface area contributed by atoms with Crippen LogP contribution >= 0.6 is 11.3 Å². The summed E-state index contributed by atoms with van der Waals surface area (Å²) in [6.45, 7) is 7.92. The van der Waals surface area contributed by atoms with Crippen molar-refractivity contribution in [3.63, 3.8) is 0 Å². The standard InChI is InChI=1S/C28H32FN7O3S/c1-18-22(14-19(15-31-18)25(37)30-10-12-35-11-5-8-28(35,2)3)34-26(38)20-16-32-36-17-23(40-27(20)36)21-6-4-7-24(33-21)39-13-9-29/h4,6-7,14-17H,5,8-13H2,1-3H3,(H,30,37)(H,34,38). The maximum Gasteiger partial charge on any atom is 0.260 e. The Labute approximate surface area is 235 Å². The molecule has 5 rings (SSSR count). The van der Waals surface area contributed by atoms with Crippen LogP contribution in [-0.4, -0.2) is 74.8 Å². The van der Waals surface area contributed by atoms with E-state index in [2.05, 4.69) is 44.4 Å². The minimum Gasteiger partial charge on any atom is -0.475 e. The summed E-state index contributed by atoms with van der Waals surface area (Å²) in [5.41, 5.74) is 2.58. The molecule has 0 bridgehead atoms. The van der Waals surface area contributed by atoms with Crippen molar-refractivity contribution in [3.05, 3.63) is 59.7 Å². The number of carbonyl (C=O) groups excluding carboxylic acids is 2. The van der Waals surface area contributed by atoms with Gasteiger partial charge in [0.1, 0.15) is 18.1 Å². The third kappa shape index (κ3) is 5.97. The van der Waals surface area contributed by atoms with Gasteiger partial charge < -0.3 is 15.4 Å². The van der Waals surface area contributed by atoms with Gasteiger partial charge in [0.05, 0.1) is 39.3 Å². The van der Waals surface area contributed by atoms with Crippen LogP contribution in [0.4, 0.5) is 10.1 Å². The lowest BCUT2D eigenvalue weighted by molar-refractivity contribution is 0.0938. The molecule has 10 nitrogen and oxygen atoms in total. The van der Waals surface area contributed by atoms with Gasteiger partial charge in [-0.25, -0.2) is 13.9 Å². The van der Waals surface area contributed by atoms with E-state index in [1.807, 2.05) is 6.07 Å². The Hall–Kier alpha value is -3.90. The number of alkyl halides is 1. The fourth-order valence-corrected chi connectivity index (χ4v) is 5.82. The molecule has 0 spiro atoms. The van der Waals surface area contributed by atoms with Gasteiger partial charge in [-0.3, -0.25) is 19.5 Å². The molecular formula is C28H32FN7O3S. The number of likely N-dealkylation sites (tertiary alicyclic amines) is 1. The van der Waals surface area contributed by atoms with E-state index in [1.165, 1.54) is 30.2 Å². The van der Waals surface area contributed by atoms with E-state index in [4.69, 9.17) is 4.74 Å². The number of aryl methyl sites for hydroxylation is 1. The largest absolute Gasteiger partial charge is 0.475 e. The number of rotatable bonds is 10. The van der Waals surface area contributed by atoms with Crippen LogP contribution in [0, 0.1) is 6.92 Å². The Morgan fingerprint density at radius 2 is 2.08 bits per heavy atom. The predicted molar refractivity (Wildman–Crippen MR) is 152 cm³/mol. The van der Waals surface area contributed by atoms with Crippen LogP contribution < -0.4 is 15.4 Å². The molecule has 0 atom stereocenters. The lowest BCUT2D eigenvalue weighted by Gasteiger charge is -2.31. The van der Waals surface area contributed by atoms with Crippen molar-refractivity contribution >= 4 is 33.7 Å². The van der Waals surface area contributed by atoms with E-state index in [0.29, 0.717) is 45.5 Å². The zero-order valence-electron chi connectivity index (χ0n) is 22.7. The number of thiazole rings is 1. The summed E-state index contributed by atoms with van der Waals surface area (Å²) in [4.78, 5) is 38.6. The quantitative estimate of drug-likeness (QED) is 0.294. The second kappa shape index (κ2) is 11.7. The van der Waals surface area contributed by atoms with Gasteiger partial charge in [-0.1, -0.05) is 6.07 Å². The van der Waals surface area contributed by atoms with Crippen molar-refractivity contribution in [2.24, 2.45) is 0 Å². The third-order valence-electron chi connectivity index (χ3n) is 7.08. The highest BCUT2D eigenvalue weighted by Crippen LogP contribution is 2.31. The molecule has 0 aliphatic carbocycles. The highest BCUT2D eigenvalue weighted by molar-refractivity contribution is 7.21.